The van der Waals surface area contributed by atoms with Gasteiger partial charge >= 0.3 is 0 Å². The molecule has 1 N–H and O–H groups in total. The molecule has 1 unspecified atom stereocenters. The summed E-state index contributed by atoms with van der Waals surface area (Å²) in [7, 11) is 5.24. The Labute approximate surface area is 124 Å². The van der Waals surface area contributed by atoms with Crippen molar-refractivity contribution in [1.29, 1.82) is 0 Å². The standard InChI is InChI=1S/C16H22FN3O/c1-10-13(11(2)20(4)19-10)9-14(18-3)12-7-6-8-15(21-5)16(12)17/h6-8,14,18H,9H2,1-5H3. The molecule has 0 saturated carbocycles. The predicted molar refractivity (Wildman–Crippen MR) is 81.1 cm³/mol. The lowest BCUT2D eigenvalue weighted by Gasteiger charge is -2.19. The third-order valence-electron chi connectivity index (χ3n) is 4.00. The van der Waals surface area contributed by atoms with Crippen LogP contribution < -0.4 is 10.1 Å². The summed E-state index contributed by atoms with van der Waals surface area (Å²) in [6.45, 7) is 4.01. The molecule has 0 aliphatic rings. The molecule has 0 aliphatic carbocycles. The topological polar surface area (TPSA) is 39.1 Å². The SMILES string of the molecule is CNC(Cc1c(C)nn(C)c1C)c1cccc(OC)c1F. The van der Waals surface area contributed by atoms with Crippen molar-refractivity contribution in [2.24, 2.45) is 7.05 Å². The van der Waals surface area contributed by atoms with Crippen LogP contribution in [0.3, 0.4) is 0 Å². The monoisotopic (exact) mass is 291 g/mol. The van der Waals surface area contributed by atoms with E-state index in [0.29, 0.717) is 12.0 Å². The van der Waals surface area contributed by atoms with Gasteiger partial charge in [-0.25, -0.2) is 4.39 Å². The molecule has 5 heteroatoms. The van der Waals surface area contributed by atoms with Crippen molar-refractivity contribution in [3.8, 4) is 5.75 Å². The fourth-order valence-electron chi connectivity index (χ4n) is 2.64. The van der Waals surface area contributed by atoms with Crippen molar-refractivity contribution in [3.63, 3.8) is 0 Å². The molecule has 1 aromatic carbocycles. The summed E-state index contributed by atoms with van der Waals surface area (Å²) in [5.41, 5.74) is 3.85. The van der Waals surface area contributed by atoms with E-state index in [0.717, 1.165) is 17.0 Å². The molecule has 0 saturated heterocycles. The van der Waals surface area contributed by atoms with Crippen LogP contribution in [0, 0.1) is 19.7 Å². The van der Waals surface area contributed by atoms with Gasteiger partial charge in [-0.3, -0.25) is 4.68 Å². The molecule has 2 aromatic rings. The Kier molecular flexibility index (Phi) is 4.63. The van der Waals surface area contributed by atoms with Crippen LogP contribution in [-0.4, -0.2) is 23.9 Å². The summed E-state index contributed by atoms with van der Waals surface area (Å²) < 4.78 is 21.4. The molecule has 1 aromatic heterocycles. The number of likely N-dealkylation sites (N-methyl/N-ethyl adjacent to an activating group) is 1. The van der Waals surface area contributed by atoms with Crippen LogP contribution in [0.5, 0.6) is 5.75 Å². The molecular formula is C16H22FN3O. The minimum atomic E-state index is -0.307. The second-order valence-corrected chi connectivity index (χ2v) is 5.18. The smallest absolute Gasteiger partial charge is 0.169 e. The quantitative estimate of drug-likeness (QED) is 0.920. The van der Waals surface area contributed by atoms with Crippen molar-refractivity contribution in [1.82, 2.24) is 15.1 Å². The van der Waals surface area contributed by atoms with Gasteiger partial charge in [0.25, 0.3) is 0 Å². The molecule has 4 nitrogen and oxygen atoms in total. The molecule has 1 heterocycles. The number of halogens is 1. The van der Waals surface area contributed by atoms with E-state index in [9.17, 15) is 4.39 Å². The highest BCUT2D eigenvalue weighted by Gasteiger charge is 2.20. The normalized spacial score (nSPS) is 12.5. The molecule has 0 fully saturated rings. The number of nitrogens with zero attached hydrogens (tertiary/aromatic N) is 2. The van der Waals surface area contributed by atoms with Gasteiger partial charge in [-0.15, -0.1) is 0 Å². The second kappa shape index (κ2) is 6.26. The second-order valence-electron chi connectivity index (χ2n) is 5.18. The minimum Gasteiger partial charge on any atom is -0.494 e. The highest BCUT2D eigenvalue weighted by molar-refractivity contribution is 5.35. The average Bonchev–Trinajstić information content (AvgIpc) is 2.71. The first-order chi connectivity index (χ1) is 9.99. The van der Waals surface area contributed by atoms with Gasteiger partial charge in [0.15, 0.2) is 11.6 Å². The highest BCUT2D eigenvalue weighted by Crippen LogP contribution is 2.28. The van der Waals surface area contributed by atoms with Crippen LogP contribution in [0.15, 0.2) is 18.2 Å². The number of aromatic nitrogens is 2. The summed E-state index contributed by atoms with van der Waals surface area (Å²) >= 11 is 0. The van der Waals surface area contributed by atoms with Crippen LogP contribution >= 0.6 is 0 Å². The van der Waals surface area contributed by atoms with Gasteiger partial charge in [-0.2, -0.15) is 5.10 Å². The van der Waals surface area contributed by atoms with Gasteiger partial charge in [0.1, 0.15) is 0 Å². The lowest BCUT2D eigenvalue weighted by atomic mass is 9.97. The number of nitrogens with one attached hydrogen (secondary N) is 1. The van der Waals surface area contributed by atoms with E-state index in [1.54, 1.807) is 12.1 Å². The average molecular weight is 291 g/mol. The number of rotatable bonds is 5. The maximum absolute atomic E-state index is 14.4. The van der Waals surface area contributed by atoms with E-state index in [1.165, 1.54) is 7.11 Å². The van der Waals surface area contributed by atoms with E-state index in [-0.39, 0.29) is 17.6 Å². The Balaban J connectivity index is 2.37. The Morgan fingerprint density at radius 1 is 1.38 bits per heavy atom. The lowest BCUT2D eigenvalue weighted by Crippen LogP contribution is -2.21. The largest absolute Gasteiger partial charge is 0.494 e. The number of hydrogen-bond donors (Lipinski definition) is 1. The van der Waals surface area contributed by atoms with Gasteiger partial charge in [0.05, 0.1) is 12.8 Å². The zero-order valence-electron chi connectivity index (χ0n) is 13.2. The van der Waals surface area contributed by atoms with Crippen LogP contribution in [0.1, 0.15) is 28.6 Å². The van der Waals surface area contributed by atoms with Crippen molar-refractivity contribution >= 4 is 0 Å². The minimum absolute atomic E-state index is 0.123. The Morgan fingerprint density at radius 2 is 2.10 bits per heavy atom. The summed E-state index contributed by atoms with van der Waals surface area (Å²) in [6.07, 6.45) is 0.687. The van der Waals surface area contributed by atoms with Gasteiger partial charge in [0, 0.05) is 24.3 Å². The van der Waals surface area contributed by atoms with Crippen molar-refractivity contribution in [3.05, 3.63) is 46.5 Å². The number of aryl methyl sites for hydroxylation is 2. The Bertz CT molecular complexity index is 637. The predicted octanol–water partition coefficient (Wildman–Crippen LogP) is 2.69. The lowest BCUT2D eigenvalue weighted by molar-refractivity contribution is 0.380. The molecule has 0 aliphatic heterocycles. The van der Waals surface area contributed by atoms with Crippen LogP contribution in [0.4, 0.5) is 4.39 Å². The molecule has 114 valence electrons. The van der Waals surface area contributed by atoms with Gasteiger partial charge in [-0.05, 0) is 38.9 Å². The Hall–Kier alpha value is -1.88. The van der Waals surface area contributed by atoms with Gasteiger partial charge in [0.2, 0.25) is 0 Å². The maximum Gasteiger partial charge on any atom is 0.169 e. The zero-order chi connectivity index (χ0) is 15.6. The number of benzene rings is 1. The van der Waals surface area contributed by atoms with E-state index >= 15 is 0 Å². The number of ether oxygens (including phenoxy) is 1. The first-order valence-electron chi connectivity index (χ1n) is 6.98. The third kappa shape index (κ3) is 2.93. The molecular weight excluding hydrogens is 269 g/mol. The summed E-state index contributed by atoms with van der Waals surface area (Å²) in [5.74, 6) is -0.0362. The van der Waals surface area contributed by atoms with Crippen LogP contribution in [0.25, 0.3) is 0 Å². The summed E-state index contributed by atoms with van der Waals surface area (Å²) in [5, 5.41) is 7.61. The van der Waals surface area contributed by atoms with Gasteiger partial charge in [-0.1, -0.05) is 12.1 Å². The molecule has 0 amide bonds. The van der Waals surface area contributed by atoms with Crippen molar-refractivity contribution in [2.45, 2.75) is 26.3 Å². The molecule has 21 heavy (non-hydrogen) atoms. The molecule has 1 atom stereocenters. The van der Waals surface area contributed by atoms with Crippen molar-refractivity contribution < 1.29 is 9.13 Å². The molecule has 0 radical (unpaired) electrons. The molecule has 2 rings (SSSR count). The number of methoxy groups -OCH3 is 1. The fraction of sp³-hybridized carbons (Fsp3) is 0.438. The number of hydrogen-bond acceptors (Lipinski definition) is 3. The summed E-state index contributed by atoms with van der Waals surface area (Å²) in [6, 6.07) is 5.11. The third-order valence-corrected chi connectivity index (χ3v) is 4.00. The van der Waals surface area contributed by atoms with E-state index in [1.807, 2.05) is 38.7 Å². The van der Waals surface area contributed by atoms with E-state index < -0.39 is 0 Å². The zero-order valence-corrected chi connectivity index (χ0v) is 13.2. The fourth-order valence-corrected chi connectivity index (χ4v) is 2.64. The first kappa shape index (κ1) is 15.5. The summed E-state index contributed by atoms with van der Waals surface area (Å²) in [4.78, 5) is 0. The van der Waals surface area contributed by atoms with Crippen LogP contribution in [-0.2, 0) is 13.5 Å². The Morgan fingerprint density at radius 3 is 2.62 bits per heavy atom. The maximum atomic E-state index is 14.4. The van der Waals surface area contributed by atoms with Crippen molar-refractivity contribution in [2.75, 3.05) is 14.2 Å². The van der Waals surface area contributed by atoms with Gasteiger partial charge < -0.3 is 10.1 Å². The van der Waals surface area contributed by atoms with Crippen LogP contribution in [0.2, 0.25) is 0 Å². The van der Waals surface area contributed by atoms with E-state index in [4.69, 9.17) is 4.74 Å². The highest BCUT2D eigenvalue weighted by atomic mass is 19.1. The first-order valence-corrected chi connectivity index (χ1v) is 6.98. The molecule has 0 bridgehead atoms. The molecule has 0 spiro atoms. The van der Waals surface area contributed by atoms with E-state index in [2.05, 4.69) is 10.4 Å².